The molecule has 1 saturated heterocycles. The number of para-hydroxylation sites is 2. The van der Waals surface area contributed by atoms with Crippen molar-refractivity contribution in [3.8, 4) is 17.2 Å². The molecule has 0 unspecified atom stereocenters. The number of aromatic nitrogens is 2. The predicted octanol–water partition coefficient (Wildman–Crippen LogP) is 6.14. The largest absolute Gasteiger partial charge is 0.493 e. The van der Waals surface area contributed by atoms with Crippen LogP contribution in [-0.4, -0.2) is 97.7 Å². The first-order chi connectivity index (χ1) is 22.3. The molecule has 0 aliphatic carbocycles. The molecule has 246 valence electrons. The Hall–Kier alpha value is -3.79. The number of hydrogen-bond acceptors (Lipinski definition) is 7. The van der Waals surface area contributed by atoms with Gasteiger partial charge < -0.3 is 29.0 Å². The van der Waals surface area contributed by atoms with Crippen LogP contribution in [0.1, 0.15) is 47.6 Å². The van der Waals surface area contributed by atoms with Crippen molar-refractivity contribution in [2.45, 2.75) is 33.2 Å². The minimum Gasteiger partial charge on any atom is -0.493 e. The van der Waals surface area contributed by atoms with Crippen LogP contribution in [0.25, 0.3) is 11.0 Å². The summed E-state index contributed by atoms with van der Waals surface area (Å²) < 4.78 is 17.1. The normalized spacial score (nSPS) is 14.2. The van der Waals surface area contributed by atoms with E-state index in [1.165, 1.54) is 7.11 Å². The molecule has 0 bridgehead atoms. The summed E-state index contributed by atoms with van der Waals surface area (Å²) in [5, 5.41) is 0.234. The van der Waals surface area contributed by atoms with E-state index >= 15 is 0 Å². The number of fused-ring (bicyclic) bond motifs is 1. The summed E-state index contributed by atoms with van der Waals surface area (Å²) in [6.45, 7) is 11.1. The second-order valence-electron chi connectivity index (χ2n) is 12.3. The van der Waals surface area contributed by atoms with Crippen molar-refractivity contribution in [2.75, 3.05) is 67.1 Å². The van der Waals surface area contributed by atoms with Crippen LogP contribution < -0.4 is 14.2 Å². The smallest absolute Gasteiger partial charge is 0.255 e. The van der Waals surface area contributed by atoms with Crippen LogP contribution in [0.15, 0.2) is 54.6 Å². The Morgan fingerprint density at radius 2 is 1.74 bits per heavy atom. The number of rotatable bonds is 14. The Balaban J connectivity index is 1.34. The molecule has 4 aromatic rings. The maximum absolute atomic E-state index is 13.9. The van der Waals surface area contributed by atoms with Crippen molar-refractivity contribution in [1.29, 1.82) is 0 Å². The van der Waals surface area contributed by atoms with E-state index in [0.717, 1.165) is 67.1 Å². The van der Waals surface area contributed by atoms with Crippen LogP contribution in [0.3, 0.4) is 0 Å². The Kier molecular flexibility index (Phi) is 11.4. The molecule has 0 atom stereocenters. The summed E-state index contributed by atoms with van der Waals surface area (Å²) >= 11 is 6.66. The molecule has 0 saturated carbocycles. The van der Waals surface area contributed by atoms with E-state index in [0.29, 0.717) is 54.9 Å². The Morgan fingerprint density at radius 3 is 2.48 bits per heavy atom. The number of nitrogens with one attached hydrogen (secondary N) is 1. The van der Waals surface area contributed by atoms with Gasteiger partial charge >= 0.3 is 0 Å². The van der Waals surface area contributed by atoms with Gasteiger partial charge in [-0.1, -0.05) is 55.8 Å². The lowest BCUT2D eigenvalue weighted by Gasteiger charge is -2.32. The fourth-order valence-corrected chi connectivity index (χ4v) is 6.10. The Labute approximate surface area is 277 Å². The first-order valence-corrected chi connectivity index (χ1v) is 16.4. The number of carbonyl (C=O) groups excluding carboxylic acids is 1. The fraction of sp³-hybridized carbons (Fsp3) is 0.444. The van der Waals surface area contributed by atoms with Crippen molar-refractivity contribution < 1.29 is 19.0 Å². The van der Waals surface area contributed by atoms with Crippen molar-refractivity contribution in [3.05, 3.63) is 82.1 Å². The minimum atomic E-state index is -0.185. The number of halogens is 1. The predicted molar refractivity (Wildman–Crippen MR) is 184 cm³/mol. The molecule has 1 N–H and O–H groups in total. The van der Waals surface area contributed by atoms with Crippen LogP contribution in [0.5, 0.6) is 17.2 Å². The number of amides is 1. The van der Waals surface area contributed by atoms with Gasteiger partial charge in [-0.15, -0.1) is 0 Å². The number of aromatic amines is 1. The summed E-state index contributed by atoms with van der Waals surface area (Å²) in [7, 11) is 5.23. The first kappa shape index (κ1) is 33.6. The van der Waals surface area contributed by atoms with Gasteiger partial charge in [-0.2, -0.15) is 0 Å². The molecule has 1 aliphatic rings. The third-order valence-corrected chi connectivity index (χ3v) is 8.95. The fourth-order valence-electron chi connectivity index (χ4n) is 5.78. The van der Waals surface area contributed by atoms with E-state index in [-0.39, 0.29) is 10.9 Å². The quantitative estimate of drug-likeness (QED) is 0.176. The van der Waals surface area contributed by atoms with E-state index in [9.17, 15) is 4.79 Å². The van der Waals surface area contributed by atoms with Crippen LogP contribution in [0, 0.1) is 5.92 Å². The minimum absolute atomic E-state index is 0.185. The highest BCUT2D eigenvalue weighted by atomic mass is 35.5. The molecule has 1 fully saturated rings. The van der Waals surface area contributed by atoms with E-state index in [2.05, 4.69) is 53.9 Å². The SMILES string of the molecule is COc1ccc(C(=O)N(CCC(C)C)Cc2nc3c(Cc4ccccc4OCCN4CCN(C)CC4)cccc3[nH]2)c(Cl)c1OC. The maximum Gasteiger partial charge on any atom is 0.255 e. The van der Waals surface area contributed by atoms with Gasteiger partial charge in [-0.25, -0.2) is 4.98 Å². The van der Waals surface area contributed by atoms with Crippen LogP contribution >= 0.6 is 11.6 Å². The Morgan fingerprint density at radius 1 is 0.978 bits per heavy atom. The lowest BCUT2D eigenvalue weighted by atomic mass is 10.0. The van der Waals surface area contributed by atoms with Crippen molar-refractivity contribution in [1.82, 2.24) is 24.7 Å². The summed E-state index contributed by atoms with van der Waals surface area (Å²) in [5.41, 5.74) is 4.41. The zero-order valence-electron chi connectivity index (χ0n) is 27.6. The third kappa shape index (κ3) is 8.13. The molecule has 46 heavy (non-hydrogen) atoms. The number of carbonyl (C=O) groups is 1. The lowest BCUT2D eigenvalue weighted by molar-refractivity contribution is 0.0731. The number of hydrogen-bond donors (Lipinski definition) is 1. The number of benzene rings is 3. The highest BCUT2D eigenvalue weighted by Crippen LogP contribution is 2.38. The molecule has 2 heterocycles. The zero-order chi connectivity index (χ0) is 32.6. The zero-order valence-corrected chi connectivity index (χ0v) is 28.4. The number of piperazine rings is 1. The highest BCUT2D eigenvalue weighted by molar-refractivity contribution is 6.35. The van der Waals surface area contributed by atoms with Gasteiger partial charge in [0, 0.05) is 45.7 Å². The molecule has 10 heteroatoms. The molecule has 0 radical (unpaired) electrons. The molecule has 9 nitrogen and oxygen atoms in total. The van der Waals surface area contributed by atoms with Crippen LogP contribution in [0.4, 0.5) is 0 Å². The topological polar surface area (TPSA) is 83.2 Å². The molecule has 5 rings (SSSR count). The summed E-state index contributed by atoms with van der Waals surface area (Å²) in [5.74, 6) is 2.67. The standard InChI is InChI=1S/C36H46ClN5O4/c1-25(2)15-16-42(36(43)28-13-14-31(44-4)35(45-5)33(28)37)24-32-38-29-11-8-10-27(34(29)39-32)23-26-9-6-7-12-30(26)46-22-21-41-19-17-40(3)18-20-41/h6-14,25H,15-24H2,1-5H3,(H,38,39). The summed E-state index contributed by atoms with van der Waals surface area (Å²) in [6, 6.07) is 17.8. The highest BCUT2D eigenvalue weighted by Gasteiger charge is 2.24. The second kappa shape index (κ2) is 15.7. The molecule has 1 amide bonds. The van der Waals surface area contributed by atoms with Crippen LogP contribution in [-0.2, 0) is 13.0 Å². The van der Waals surface area contributed by atoms with Gasteiger partial charge in [0.25, 0.3) is 5.91 Å². The van der Waals surface area contributed by atoms with Crippen LogP contribution in [0.2, 0.25) is 5.02 Å². The van der Waals surface area contributed by atoms with Gasteiger partial charge in [-0.05, 0) is 54.8 Å². The number of ether oxygens (including phenoxy) is 3. The van der Waals surface area contributed by atoms with E-state index in [1.807, 2.05) is 24.3 Å². The van der Waals surface area contributed by atoms with Crippen molar-refractivity contribution in [3.63, 3.8) is 0 Å². The number of likely N-dealkylation sites (N-methyl/N-ethyl adjacent to an activating group) is 1. The average molecular weight is 648 g/mol. The molecular formula is C36H46ClN5O4. The van der Waals surface area contributed by atoms with E-state index in [4.69, 9.17) is 30.8 Å². The van der Waals surface area contributed by atoms with E-state index < -0.39 is 0 Å². The number of methoxy groups -OCH3 is 2. The lowest BCUT2D eigenvalue weighted by Crippen LogP contribution is -2.45. The van der Waals surface area contributed by atoms with Gasteiger partial charge in [0.2, 0.25) is 0 Å². The van der Waals surface area contributed by atoms with Crippen molar-refractivity contribution >= 4 is 28.5 Å². The monoisotopic (exact) mass is 647 g/mol. The van der Waals surface area contributed by atoms with Crippen molar-refractivity contribution in [2.24, 2.45) is 5.92 Å². The third-order valence-electron chi connectivity index (χ3n) is 8.58. The molecule has 0 spiro atoms. The van der Waals surface area contributed by atoms with E-state index in [1.54, 1.807) is 24.1 Å². The average Bonchev–Trinajstić information content (AvgIpc) is 3.48. The number of imidazole rings is 1. The molecular weight excluding hydrogens is 602 g/mol. The molecule has 1 aliphatic heterocycles. The molecule has 1 aromatic heterocycles. The first-order valence-electron chi connectivity index (χ1n) is 16.0. The van der Waals surface area contributed by atoms with Gasteiger partial charge in [0.05, 0.1) is 42.4 Å². The second-order valence-corrected chi connectivity index (χ2v) is 12.7. The summed E-state index contributed by atoms with van der Waals surface area (Å²) in [6.07, 6.45) is 1.53. The van der Waals surface area contributed by atoms with Gasteiger partial charge in [0.1, 0.15) is 18.2 Å². The number of H-pyrrole nitrogens is 1. The summed E-state index contributed by atoms with van der Waals surface area (Å²) in [4.78, 5) is 29.0. The van der Waals surface area contributed by atoms with Gasteiger partial charge in [0.15, 0.2) is 11.5 Å². The molecule has 3 aromatic carbocycles. The maximum atomic E-state index is 13.9. The Bertz CT molecular complexity index is 1620. The van der Waals surface area contributed by atoms with Gasteiger partial charge in [-0.3, -0.25) is 9.69 Å². The number of nitrogens with zero attached hydrogens (tertiary/aromatic N) is 4.